The summed E-state index contributed by atoms with van der Waals surface area (Å²) in [7, 11) is 1.94. The van der Waals surface area contributed by atoms with Crippen LogP contribution in [0.25, 0.3) is 0 Å². The summed E-state index contributed by atoms with van der Waals surface area (Å²) in [6.45, 7) is 6.43. The van der Waals surface area contributed by atoms with Crippen LogP contribution in [0.1, 0.15) is 37.6 Å². The van der Waals surface area contributed by atoms with E-state index in [0.717, 1.165) is 12.1 Å². The molecule has 1 aromatic carbocycles. The molecule has 0 saturated heterocycles. The molecule has 0 aliphatic heterocycles. The molecular weight excluding hydrogens is 217 g/mol. The van der Waals surface area contributed by atoms with Crippen molar-refractivity contribution < 1.29 is 9.18 Å². The van der Waals surface area contributed by atoms with Gasteiger partial charge in [-0.15, -0.1) is 0 Å². The standard InChI is InChI=1S/C14H20FNO/c1-10(2)7-11(3)16(4)14-6-5-13(15)8-12(14)9-17/h5-6,8-11H,7H2,1-4H3. The highest BCUT2D eigenvalue weighted by atomic mass is 19.1. The molecule has 0 aliphatic rings. The highest BCUT2D eigenvalue weighted by Gasteiger charge is 2.15. The van der Waals surface area contributed by atoms with Crippen LogP contribution in [0.4, 0.5) is 10.1 Å². The van der Waals surface area contributed by atoms with Gasteiger partial charge in [-0.2, -0.15) is 0 Å². The molecule has 0 radical (unpaired) electrons. The van der Waals surface area contributed by atoms with E-state index in [-0.39, 0.29) is 5.82 Å². The Balaban J connectivity index is 2.95. The largest absolute Gasteiger partial charge is 0.371 e. The van der Waals surface area contributed by atoms with Crippen LogP contribution in [0, 0.1) is 11.7 Å². The summed E-state index contributed by atoms with van der Waals surface area (Å²) >= 11 is 0. The first-order valence-electron chi connectivity index (χ1n) is 5.93. The summed E-state index contributed by atoms with van der Waals surface area (Å²) in [4.78, 5) is 13.0. The van der Waals surface area contributed by atoms with Crippen LogP contribution in [0.2, 0.25) is 0 Å². The van der Waals surface area contributed by atoms with Gasteiger partial charge < -0.3 is 4.90 Å². The van der Waals surface area contributed by atoms with E-state index in [1.54, 1.807) is 6.07 Å². The van der Waals surface area contributed by atoms with E-state index in [9.17, 15) is 9.18 Å². The van der Waals surface area contributed by atoms with Crippen molar-refractivity contribution >= 4 is 12.0 Å². The summed E-state index contributed by atoms with van der Waals surface area (Å²) in [6.07, 6.45) is 1.74. The molecule has 0 spiro atoms. The maximum absolute atomic E-state index is 13.0. The van der Waals surface area contributed by atoms with Crippen molar-refractivity contribution in [2.24, 2.45) is 5.92 Å². The van der Waals surface area contributed by atoms with Crippen LogP contribution in [0.5, 0.6) is 0 Å². The molecular formula is C14H20FNO. The lowest BCUT2D eigenvalue weighted by Gasteiger charge is -2.29. The summed E-state index contributed by atoms with van der Waals surface area (Å²) in [5, 5.41) is 0. The van der Waals surface area contributed by atoms with E-state index in [1.165, 1.54) is 12.1 Å². The van der Waals surface area contributed by atoms with E-state index >= 15 is 0 Å². The number of anilines is 1. The van der Waals surface area contributed by atoms with Crippen LogP contribution in [0.15, 0.2) is 18.2 Å². The molecule has 1 aromatic rings. The number of carbonyl (C=O) groups is 1. The highest BCUT2D eigenvalue weighted by molar-refractivity contribution is 5.84. The molecule has 3 heteroatoms. The average molecular weight is 237 g/mol. The number of carbonyl (C=O) groups excluding carboxylic acids is 1. The molecule has 1 unspecified atom stereocenters. The molecule has 94 valence electrons. The van der Waals surface area contributed by atoms with E-state index in [2.05, 4.69) is 20.8 Å². The van der Waals surface area contributed by atoms with E-state index in [1.807, 2.05) is 11.9 Å². The van der Waals surface area contributed by atoms with Crippen molar-refractivity contribution in [1.29, 1.82) is 0 Å². The van der Waals surface area contributed by atoms with Crippen molar-refractivity contribution in [1.82, 2.24) is 0 Å². The minimum Gasteiger partial charge on any atom is -0.371 e. The van der Waals surface area contributed by atoms with Gasteiger partial charge in [0.05, 0.1) is 0 Å². The van der Waals surface area contributed by atoms with Crippen LogP contribution in [-0.2, 0) is 0 Å². The lowest BCUT2D eigenvalue weighted by molar-refractivity contribution is 0.112. The number of nitrogens with zero attached hydrogens (tertiary/aromatic N) is 1. The van der Waals surface area contributed by atoms with Crippen LogP contribution in [0.3, 0.4) is 0 Å². The van der Waals surface area contributed by atoms with Gasteiger partial charge in [0.2, 0.25) is 0 Å². The quantitative estimate of drug-likeness (QED) is 0.730. The second-order valence-corrected chi connectivity index (χ2v) is 4.91. The minimum absolute atomic E-state index is 0.319. The molecule has 0 bridgehead atoms. The zero-order chi connectivity index (χ0) is 13.0. The highest BCUT2D eigenvalue weighted by Crippen LogP contribution is 2.23. The third kappa shape index (κ3) is 3.55. The first kappa shape index (κ1) is 13.7. The van der Waals surface area contributed by atoms with Gasteiger partial charge >= 0.3 is 0 Å². The van der Waals surface area contributed by atoms with E-state index < -0.39 is 0 Å². The van der Waals surface area contributed by atoms with Crippen molar-refractivity contribution in [3.8, 4) is 0 Å². The molecule has 1 atom stereocenters. The lowest BCUT2D eigenvalue weighted by atomic mass is 10.0. The monoisotopic (exact) mass is 237 g/mol. The fourth-order valence-electron chi connectivity index (χ4n) is 2.02. The summed E-state index contributed by atoms with van der Waals surface area (Å²) in [6, 6.07) is 4.65. The predicted octanol–water partition coefficient (Wildman–Crippen LogP) is 3.51. The molecule has 1 rings (SSSR count). The van der Waals surface area contributed by atoms with Gasteiger partial charge in [-0.1, -0.05) is 13.8 Å². The Kier molecular flexibility index (Phi) is 4.67. The maximum atomic E-state index is 13.0. The van der Waals surface area contributed by atoms with Gasteiger partial charge in [0.1, 0.15) is 5.82 Å². The smallest absolute Gasteiger partial charge is 0.152 e. The Bertz CT molecular complexity index is 390. The summed E-state index contributed by atoms with van der Waals surface area (Å²) in [5.74, 6) is 0.216. The number of hydrogen-bond donors (Lipinski definition) is 0. The first-order chi connectivity index (χ1) is 7.95. The molecule has 0 amide bonds. The van der Waals surface area contributed by atoms with Gasteiger partial charge in [-0.05, 0) is 37.5 Å². The Morgan fingerprint density at radius 3 is 2.53 bits per heavy atom. The second-order valence-electron chi connectivity index (χ2n) is 4.91. The number of halogens is 1. The maximum Gasteiger partial charge on any atom is 0.152 e. The molecule has 0 saturated carbocycles. The zero-order valence-corrected chi connectivity index (χ0v) is 10.9. The summed E-state index contributed by atoms with van der Waals surface area (Å²) < 4.78 is 13.0. The topological polar surface area (TPSA) is 20.3 Å². The minimum atomic E-state index is -0.374. The first-order valence-corrected chi connectivity index (χ1v) is 5.93. The third-order valence-electron chi connectivity index (χ3n) is 2.97. The molecule has 17 heavy (non-hydrogen) atoms. The van der Waals surface area contributed by atoms with Gasteiger partial charge in [0, 0.05) is 24.3 Å². The molecule has 0 heterocycles. The number of rotatable bonds is 5. The second kappa shape index (κ2) is 5.80. The fraction of sp³-hybridized carbons (Fsp3) is 0.500. The molecule has 2 nitrogen and oxygen atoms in total. The van der Waals surface area contributed by atoms with E-state index in [0.29, 0.717) is 23.8 Å². The number of aldehydes is 1. The van der Waals surface area contributed by atoms with Gasteiger partial charge in [-0.3, -0.25) is 4.79 Å². The Hall–Kier alpha value is -1.38. The SMILES string of the molecule is CC(C)CC(C)N(C)c1ccc(F)cc1C=O. The third-order valence-corrected chi connectivity index (χ3v) is 2.97. The Morgan fingerprint density at radius 1 is 1.35 bits per heavy atom. The van der Waals surface area contributed by atoms with Crippen LogP contribution >= 0.6 is 0 Å². The number of hydrogen-bond acceptors (Lipinski definition) is 2. The molecule has 0 aromatic heterocycles. The Morgan fingerprint density at radius 2 is 2.00 bits per heavy atom. The number of benzene rings is 1. The molecule has 0 N–H and O–H groups in total. The van der Waals surface area contributed by atoms with Crippen LogP contribution < -0.4 is 4.90 Å². The van der Waals surface area contributed by atoms with Gasteiger partial charge in [0.15, 0.2) is 6.29 Å². The lowest BCUT2D eigenvalue weighted by Crippen LogP contribution is -2.30. The van der Waals surface area contributed by atoms with Crippen molar-refractivity contribution in [3.05, 3.63) is 29.6 Å². The van der Waals surface area contributed by atoms with Crippen LogP contribution in [-0.4, -0.2) is 19.4 Å². The van der Waals surface area contributed by atoms with Crippen molar-refractivity contribution in [3.63, 3.8) is 0 Å². The Labute approximate surface area is 102 Å². The van der Waals surface area contributed by atoms with Gasteiger partial charge in [0.25, 0.3) is 0 Å². The van der Waals surface area contributed by atoms with Crippen molar-refractivity contribution in [2.45, 2.75) is 33.2 Å². The van der Waals surface area contributed by atoms with Crippen molar-refractivity contribution in [2.75, 3.05) is 11.9 Å². The summed E-state index contributed by atoms with van der Waals surface area (Å²) in [5.41, 5.74) is 1.19. The normalized spacial score (nSPS) is 12.6. The molecule has 0 fully saturated rings. The zero-order valence-electron chi connectivity index (χ0n) is 10.9. The average Bonchev–Trinajstić information content (AvgIpc) is 2.27. The molecule has 0 aliphatic carbocycles. The fourth-order valence-corrected chi connectivity index (χ4v) is 2.02. The predicted molar refractivity (Wildman–Crippen MR) is 69.1 cm³/mol. The van der Waals surface area contributed by atoms with Gasteiger partial charge in [-0.25, -0.2) is 4.39 Å². The van der Waals surface area contributed by atoms with E-state index in [4.69, 9.17) is 0 Å².